The average Bonchev–Trinajstić information content (AvgIpc) is 3.55. The van der Waals surface area contributed by atoms with Crippen molar-refractivity contribution in [1.29, 1.82) is 0 Å². The van der Waals surface area contributed by atoms with Gasteiger partial charge in [-0.1, -0.05) is 12.0 Å². The Kier molecular flexibility index (Phi) is 5.99. The van der Waals surface area contributed by atoms with Crippen molar-refractivity contribution in [2.45, 2.75) is 32.2 Å². The number of carbonyl (C=O) groups is 1. The van der Waals surface area contributed by atoms with Crippen molar-refractivity contribution in [3.8, 4) is 29.2 Å². The largest absolute Gasteiger partial charge is 0.534 e. The number of primary amides is 1. The van der Waals surface area contributed by atoms with E-state index in [0.717, 1.165) is 12.8 Å². The Morgan fingerprint density at radius 1 is 1.22 bits per heavy atom. The molecule has 0 saturated heterocycles. The maximum absolute atomic E-state index is 13.0. The molecular formula is C22H20F3N5O5S. The van der Waals surface area contributed by atoms with Gasteiger partial charge in [0.15, 0.2) is 11.3 Å². The summed E-state index contributed by atoms with van der Waals surface area (Å²) >= 11 is 0. The van der Waals surface area contributed by atoms with E-state index in [0.29, 0.717) is 22.6 Å². The van der Waals surface area contributed by atoms with E-state index in [1.807, 2.05) is 0 Å². The highest BCUT2D eigenvalue weighted by Crippen LogP contribution is 2.37. The first-order valence-corrected chi connectivity index (χ1v) is 11.9. The highest BCUT2D eigenvalue weighted by atomic mass is 32.2. The van der Waals surface area contributed by atoms with Crippen LogP contribution < -0.4 is 20.4 Å². The van der Waals surface area contributed by atoms with Crippen LogP contribution in [-0.4, -0.2) is 41.5 Å². The minimum absolute atomic E-state index is 0.0181. The Balaban J connectivity index is 2.09. The number of nitrogens with zero attached hydrogens (tertiary/aromatic N) is 3. The number of ether oxygens (including phenoxy) is 1. The Hall–Kier alpha value is -3.99. The van der Waals surface area contributed by atoms with Gasteiger partial charge in [0.05, 0.1) is 12.8 Å². The quantitative estimate of drug-likeness (QED) is 0.294. The van der Waals surface area contributed by atoms with Crippen molar-refractivity contribution >= 4 is 33.0 Å². The average molecular weight is 523 g/mol. The third kappa shape index (κ3) is 4.26. The van der Waals surface area contributed by atoms with E-state index >= 15 is 0 Å². The fraction of sp³-hybridized carbons (Fsp3) is 0.318. The summed E-state index contributed by atoms with van der Waals surface area (Å²) in [5.41, 5.74) is 6.48. The number of carbonyl (C=O) groups excluding carboxylic acids is 1. The molecule has 0 aliphatic heterocycles. The first-order chi connectivity index (χ1) is 16.8. The van der Waals surface area contributed by atoms with Crippen LogP contribution in [-0.2, 0) is 10.1 Å². The standard InChI is InChI=1S/C22H20F3N5O5S/c1-10-4-9-14(34-3)11(2)17(10)30-18(26)15(19(27)31)16-20(30)28-13(8-7-12-5-6-12)21(29-16)35-36(32,33)22(23,24)25/h4,9,12H,5-6,26H2,1-3H3,(H2,27,31). The zero-order valence-electron chi connectivity index (χ0n) is 19.2. The lowest BCUT2D eigenvalue weighted by Crippen LogP contribution is -2.28. The molecule has 14 heteroatoms. The topological polar surface area (TPSA) is 152 Å². The number of fused-ring (bicyclic) bond motifs is 1. The lowest BCUT2D eigenvalue weighted by molar-refractivity contribution is -0.0501. The lowest BCUT2D eigenvalue weighted by Gasteiger charge is -2.17. The number of alkyl halides is 3. The number of amides is 1. The molecule has 1 saturated carbocycles. The first kappa shape index (κ1) is 25.1. The Bertz CT molecular complexity index is 1580. The van der Waals surface area contributed by atoms with Crippen molar-refractivity contribution in [3.63, 3.8) is 0 Å². The van der Waals surface area contributed by atoms with Crippen LogP contribution >= 0.6 is 0 Å². The molecule has 1 aliphatic rings. The molecule has 0 unspecified atom stereocenters. The molecule has 190 valence electrons. The van der Waals surface area contributed by atoms with Gasteiger partial charge in [0, 0.05) is 11.5 Å². The Morgan fingerprint density at radius 2 is 1.89 bits per heavy atom. The smallest absolute Gasteiger partial charge is 0.496 e. The second-order valence-electron chi connectivity index (χ2n) is 8.09. The van der Waals surface area contributed by atoms with E-state index < -0.39 is 33.1 Å². The number of methoxy groups -OCH3 is 1. The van der Waals surface area contributed by atoms with E-state index in [-0.39, 0.29) is 28.5 Å². The maximum Gasteiger partial charge on any atom is 0.534 e. The fourth-order valence-electron chi connectivity index (χ4n) is 3.62. The molecule has 0 radical (unpaired) electrons. The van der Waals surface area contributed by atoms with Gasteiger partial charge in [-0.15, -0.1) is 0 Å². The molecule has 2 aromatic heterocycles. The monoisotopic (exact) mass is 523 g/mol. The molecule has 1 amide bonds. The van der Waals surface area contributed by atoms with Crippen LogP contribution in [0.3, 0.4) is 0 Å². The van der Waals surface area contributed by atoms with Crippen LogP contribution in [0.4, 0.5) is 19.0 Å². The highest BCUT2D eigenvalue weighted by Gasteiger charge is 2.49. The highest BCUT2D eigenvalue weighted by molar-refractivity contribution is 7.87. The van der Waals surface area contributed by atoms with Crippen molar-refractivity contribution in [2.24, 2.45) is 11.7 Å². The number of anilines is 1. The molecule has 0 atom stereocenters. The summed E-state index contributed by atoms with van der Waals surface area (Å²) in [5, 5.41) is 0. The summed E-state index contributed by atoms with van der Waals surface area (Å²) in [6.45, 7) is 3.48. The molecule has 36 heavy (non-hydrogen) atoms. The zero-order valence-corrected chi connectivity index (χ0v) is 20.0. The van der Waals surface area contributed by atoms with Gasteiger partial charge in [-0.05, 0) is 44.2 Å². The van der Waals surface area contributed by atoms with Crippen LogP contribution in [0.2, 0.25) is 0 Å². The van der Waals surface area contributed by atoms with Crippen LogP contribution in [0, 0.1) is 31.6 Å². The normalized spacial score (nSPS) is 13.8. The molecule has 1 aliphatic carbocycles. The van der Waals surface area contributed by atoms with Gasteiger partial charge in [0.25, 0.3) is 11.8 Å². The molecule has 3 aromatic rings. The number of hydrogen-bond acceptors (Lipinski definition) is 8. The minimum atomic E-state index is -6.12. The summed E-state index contributed by atoms with van der Waals surface area (Å²) in [5.74, 6) is 3.48. The van der Waals surface area contributed by atoms with Crippen molar-refractivity contribution in [1.82, 2.24) is 14.5 Å². The van der Waals surface area contributed by atoms with E-state index in [1.54, 1.807) is 26.0 Å². The summed E-state index contributed by atoms with van der Waals surface area (Å²) in [6, 6.07) is 3.45. The first-order valence-electron chi connectivity index (χ1n) is 10.5. The number of rotatable bonds is 5. The van der Waals surface area contributed by atoms with Gasteiger partial charge in [0.2, 0.25) is 0 Å². The molecule has 4 N–H and O–H groups in total. The van der Waals surface area contributed by atoms with Gasteiger partial charge >= 0.3 is 15.6 Å². The molecular weight excluding hydrogens is 503 g/mol. The van der Waals surface area contributed by atoms with Crippen LogP contribution in [0.25, 0.3) is 16.9 Å². The number of nitrogens with two attached hydrogens (primary N) is 2. The van der Waals surface area contributed by atoms with Gasteiger partial charge in [-0.2, -0.15) is 21.6 Å². The molecule has 0 spiro atoms. The van der Waals surface area contributed by atoms with Crippen LogP contribution in [0.5, 0.6) is 11.6 Å². The third-order valence-electron chi connectivity index (χ3n) is 5.51. The lowest BCUT2D eigenvalue weighted by atomic mass is 10.1. The minimum Gasteiger partial charge on any atom is -0.496 e. The molecule has 10 nitrogen and oxygen atoms in total. The molecule has 4 rings (SSSR count). The Labute approximate surface area is 203 Å². The van der Waals surface area contributed by atoms with Gasteiger partial charge < -0.3 is 20.4 Å². The number of aryl methyl sites for hydroxylation is 1. The number of benzene rings is 1. The molecule has 1 aromatic carbocycles. The van der Waals surface area contributed by atoms with Gasteiger partial charge in [-0.3, -0.25) is 9.36 Å². The van der Waals surface area contributed by atoms with E-state index in [1.165, 1.54) is 11.7 Å². The van der Waals surface area contributed by atoms with Gasteiger partial charge in [-0.25, -0.2) is 9.97 Å². The predicted molar refractivity (Wildman–Crippen MR) is 123 cm³/mol. The summed E-state index contributed by atoms with van der Waals surface area (Å²) < 4.78 is 73.6. The molecule has 2 heterocycles. The van der Waals surface area contributed by atoms with Crippen LogP contribution in [0.15, 0.2) is 12.1 Å². The number of halogens is 3. The summed E-state index contributed by atoms with van der Waals surface area (Å²) in [7, 11) is -4.66. The van der Waals surface area contributed by atoms with Crippen LogP contribution in [0.1, 0.15) is 40.0 Å². The fourth-order valence-corrected chi connectivity index (χ4v) is 4.04. The van der Waals surface area contributed by atoms with Gasteiger partial charge in [0.1, 0.15) is 22.6 Å². The second-order valence-corrected chi connectivity index (χ2v) is 9.63. The van der Waals surface area contributed by atoms with Crippen molar-refractivity contribution in [3.05, 3.63) is 34.5 Å². The third-order valence-corrected chi connectivity index (χ3v) is 6.45. The second kappa shape index (κ2) is 8.59. The zero-order chi connectivity index (χ0) is 26.6. The van der Waals surface area contributed by atoms with E-state index in [9.17, 15) is 26.4 Å². The maximum atomic E-state index is 13.0. The molecule has 0 bridgehead atoms. The summed E-state index contributed by atoms with van der Waals surface area (Å²) in [4.78, 5) is 20.5. The predicted octanol–water partition coefficient (Wildman–Crippen LogP) is 2.72. The van der Waals surface area contributed by atoms with E-state index in [2.05, 4.69) is 26.0 Å². The Morgan fingerprint density at radius 3 is 2.44 bits per heavy atom. The van der Waals surface area contributed by atoms with E-state index in [4.69, 9.17) is 16.2 Å². The summed E-state index contributed by atoms with van der Waals surface area (Å²) in [6.07, 6.45) is 1.55. The molecule has 1 fully saturated rings. The van der Waals surface area contributed by atoms with Crippen molar-refractivity contribution < 1.29 is 35.3 Å². The SMILES string of the molecule is COc1ccc(C)c(-n2c(N)c(C(N)=O)c3nc(OS(=O)(=O)C(F)(F)F)c(C#CC4CC4)nc32)c1C. The number of nitrogen functional groups attached to an aromatic ring is 1. The number of hydrogen-bond donors (Lipinski definition) is 2. The number of aromatic nitrogens is 3. The van der Waals surface area contributed by atoms with Crippen molar-refractivity contribution in [2.75, 3.05) is 12.8 Å².